The van der Waals surface area contributed by atoms with Gasteiger partial charge in [-0.15, -0.1) is 0 Å². The summed E-state index contributed by atoms with van der Waals surface area (Å²) in [6.07, 6.45) is -1.13. The second-order valence-electron chi connectivity index (χ2n) is 8.88. The molecule has 1 aromatic heterocycles. The van der Waals surface area contributed by atoms with Gasteiger partial charge in [0, 0.05) is 37.6 Å². The SMILES string of the molecule is COc1ccc2cc(C(=O)NC[C@H]3CN(c4ccc(N5CCNCC5)c(F)c4)C(=O)O3)c(C)nc2c1. The molecule has 1 atom stereocenters. The minimum atomic E-state index is -0.568. The highest BCUT2D eigenvalue weighted by molar-refractivity contribution is 5.99. The monoisotopic (exact) mass is 493 g/mol. The van der Waals surface area contributed by atoms with E-state index in [1.54, 1.807) is 32.2 Å². The summed E-state index contributed by atoms with van der Waals surface area (Å²) in [4.78, 5) is 33.2. The third-order valence-corrected chi connectivity index (χ3v) is 6.53. The number of amides is 2. The van der Waals surface area contributed by atoms with Gasteiger partial charge >= 0.3 is 6.09 Å². The third kappa shape index (κ3) is 4.76. The molecular formula is C26H28FN5O4. The molecule has 0 bridgehead atoms. The Bertz CT molecular complexity index is 1310. The quantitative estimate of drug-likeness (QED) is 0.545. The van der Waals surface area contributed by atoms with E-state index in [0.717, 1.165) is 37.1 Å². The van der Waals surface area contributed by atoms with E-state index in [9.17, 15) is 14.0 Å². The minimum Gasteiger partial charge on any atom is -0.497 e. The van der Waals surface area contributed by atoms with Crippen LogP contribution >= 0.6 is 0 Å². The predicted octanol–water partition coefficient (Wildman–Crippen LogP) is 2.86. The Morgan fingerprint density at radius 2 is 2.03 bits per heavy atom. The molecule has 36 heavy (non-hydrogen) atoms. The lowest BCUT2D eigenvalue weighted by molar-refractivity contribution is 0.0915. The van der Waals surface area contributed by atoms with Crippen LogP contribution in [0.2, 0.25) is 0 Å². The van der Waals surface area contributed by atoms with Crippen LogP contribution in [0.15, 0.2) is 42.5 Å². The predicted molar refractivity (Wildman–Crippen MR) is 134 cm³/mol. The Kier molecular flexibility index (Phi) is 6.60. The fourth-order valence-corrected chi connectivity index (χ4v) is 4.57. The number of methoxy groups -OCH3 is 1. The summed E-state index contributed by atoms with van der Waals surface area (Å²) >= 11 is 0. The largest absolute Gasteiger partial charge is 0.497 e. The molecular weight excluding hydrogens is 465 g/mol. The van der Waals surface area contributed by atoms with Crippen molar-refractivity contribution >= 4 is 34.3 Å². The van der Waals surface area contributed by atoms with Crippen LogP contribution in [-0.4, -0.2) is 69.5 Å². The molecule has 2 amide bonds. The Balaban J connectivity index is 1.23. The number of halogens is 1. The van der Waals surface area contributed by atoms with Gasteiger partial charge in [0.25, 0.3) is 5.91 Å². The van der Waals surface area contributed by atoms with Crippen LogP contribution in [0, 0.1) is 12.7 Å². The van der Waals surface area contributed by atoms with E-state index in [4.69, 9.17) is 9.47 Å². The number of nitrogens with one attached hydrogen (secondary N) is 2. The Hall–Kier alpha value is -3.92. The van der Waals surface area contributed by atoms with Gasteiger partial charge in [-0.1, -0.05) is 0 Å². The third-order valence-electron chi connectivity index (χ3n) is 6.53. The van der Waals surface area contributed by atoms with Gasteiger partial charge in [0.1, 0.15) is 17.7 Å². The van der Waals surface area contributed by atoms with E-state index in [-0.39, 0.29) is 24.8 Å². The lowest BCUT2D eigenvalue weighted by Gasteiger charge is -2.30. The zero-order valence-electron chi connectivity index (χ0n) is 20.2. The van der Waals surface area contributed by atoms with E-state index >= 15 is 0 Å². The molecule has 2 saturated heterocycles. The van der Waals surface area contributed by atoms with Crippen molar-refractivity contribution in [2.24, 2.45) is 0 Å². The number of fused-ring (bicyclic) bond motifs is 1. The number of benzene rings is 2. The average Bonchev–Trinajstić information content (AvgIpc) is 3.27. The number of hydrogen-bond donors (Lipinski definition) is 2. The molecule has 2 aliphatic rings. The molecule has 9 nitrogen and oxygen atoms in total. The zero-order valence-corrected chi connectivity index (χ0v) is 20.2. The Labute approximate surface area is 208 Å². The highest BCUT2D eigenvalue weighted by Crippen LogP contribution is 2.28. The fraction of sp³-hybridized carbons (Fsp3) is 0.346. The van der Waals surface area contributed by atoms with Crippen LogP contribution in [0.3, 0.4) is 0 Å². The molecule has 2 aromatic carbocycles. The molecule has 0 aliphatic carbocycles. The molecule has 10 heteroatoms. The number of ether oxygens (including phenoxy) is 2. The normalized spacial score (nSPS) is 17.9. The summed E-state index contributed by atoms with van der Waals surface area (Å²) < 4.78 is 25.5. The molecule has 2 fully saturated rings. The molecule has 3 aromatic rings. The lowest BCUT2D eigenvalue weighted by Crippen LogP contribution is -2.43. The highest BCUT2D eigenvalue weighted by atomic mass is 19.1. The first-order valence-corrected chi connectivity index (χ1v) is 11.9. The van der Waals surface area contributed by atoms with Crippen LogP contribution in [-0.2, 0) is 4.74 Å². The summed E-state index contributed by atoms with van der Waals surface area (Å²) in [5.74, 6) is 0.00649. The van der Waals surface area contributed by atoms with Crippen molar-refractivity contribution in [1.29, 1.82) is 0 Å². The number of aryl methyl sites for hydroxylation is 1. The number of carbonyl (C=O) groups excluding carboxylic acids is 2. The van der Waals surface area contributed by atoms with Crippen LogP contribution < -0.4 is 25.2 Å². The number of aromatic nitrogens is 1. The van der Waals surface area contributed by atoms with Crippen LogP contribution in [0.1, 0.15) is 16.1 Å². The number of rotatable bonds is 6. The van der Waals surface area contributed by atoms with Crippen molar-refractivity contribution in [3.8, 4) is 5.75 Å². The number of pyridine rings is 1. The van der Waals surface area contributed by atoms with Crippen molar-refractivity contribution in [1.82, 2.24) is 15.6 Å². The minimum absolute atomic E-state index is 0.127. The van der Waals surface area contributed by atoms with Crippen LogP contribution in [0.4, 0.5) is 20.6 Å². The number of anilines is 2. The van der Waals surface area contributed by atoms with Crippen LogP contribution in [0.25, 0.3) is 10.9 Å². The maximum Gasteiger partial charge on any atom is 0.414 e. The Morgan fingerprint density at radius 3 is 2.78 bits per heavy atom. The topological polar surface area (TPSA) is 96.0 Å². The van der Waals surface area contributed by atoms with Gasteiger partial charge in [-0.25, -0.2) is 9.18 Å². The van der Waals surface area contributed by atoms with E-state index in [1.165, 1.54) is 11.0 Å². The molecule has 2 N–H and O–H groups in total. The maximum absolute atomic E-state index is 14.8. The summed E-state index contributed by atoms with van der Waals surface area (Å²) in [6.45, 7) is 5.16. The van der Waals surface area contributed by atoms with E-state index in [2.05, 4.69) is 15.6 Å². The van der Waals surface area contributed by atoms with Crippen molar-refractivity contribution in [3.05, 3.63) is 59.5 Å². The molecule has 0 spiro atoms. The van der Waals surface area contributed by atoms with Gasteiger partial charge in [0.2, 0.25) is 0 Å². The molecule has 3 heterocycles. The van der Waals surface area contributed by atoms with Crippen molar-refractivity contribution < 1.29 is 23.5 Å². The zero-order chi connectivity index (χ0) is 25.2. The van der Waals surface area contributed by atoms with Crippen molar-refractivity contribution in [2.45, 2.75) is 13.0 Å². The van der Waals surface area contributed by atoms with E-state index in [1.807, 2.05) is 23.1 Å². The van der Waals surface area contributed by atoms with Crippen LogP contribution in [0.5, 0.6) is 5.75 Å². The van der Waals surface area contributed by atoms with Gasteiger partial charge < -0.3 is 25.0 Å². The number of cyclic esters (lactones) is 1. The first-order valence-electron chi connectivity index (χ1n) is 11.9. The molecule has 2 aliphatic heterocycles. The molecule has 188 valence electrons. The number of carbonyl (C=O) groups is 2. The maximum atomic E-state index is 14.8. The molecule has 0 unspecified atom stereocenters. The second-order valence-corrected chi connectivity index (χ2v) is 8.88. The van der Waals surface area contributed by atoms with E-state index in [0.29, 0.717) is 28.4 Å². The molecule has 0 saturated carbocycles. The Morgan fingerprint density at radius 1 is 1.22 bits per heavy atom. The smallest absolute Gasteiger partial charge is 0.414 e. The first-order chi connectivity index (χ1) is 17.4. The lowest BCUT2D eigenvalue weighted by atomic mass is 10.1. The highest BCUT2D eigenvalue weighted by Gasteiger charge is 2.33. The van der Waals surface area contributed by atoms with Crippen molar-refractivity contribution in [3.63, 3.8) is 0 Å². The standard InChI is InChI=1S/C26H28FN5O4/c1-16-21(11-17-3-5-19(35-2)13-23(17)30-16)25(33)29-14-20-15-32(26(34)36-20)18-4-6-24(22(27)12-18)31-9-7-28-8-10-31/h3-6,11-13,20,28H,7-10,14-15H2,1-2H3,(H,29,33)/t20-/m0/s1. The number of piperazine rings is 1. The number of hydrogen-bond acceptors (Lipinski definition) is 7. The van der Waals surface area contributed by atoms with Gasteiger partial charge in [-0.3, -0.25) is 14.7 Å². The first kappa shape index (κ1) is 23.8. The van der Waals surface area contributed by atoms with E-state index < -0.39 is 12.2 Å². The van der Waals surface area contributed by atoms with Gasteiger partial charge in [-0.05, 0) is 43.3 Å². The molecule has 0 radical (unpaired) electrons. The van der Waals surface area contributed by atoms with Gasteiger partial charge in [0.05, 0.1) is 48.3 Å². The molecule has 5 rings (SSSR count). The summed E-state index contributed by atoms with van der Waals surface area (Å²) in [7, 11) is 1.59. The summed E-state index contributed by atoms with van der Waals surface area (Å²) in [6, 6.07) is 12.0. The van der Waals surface area contributed by atoms with Crippen molar-refractivity contribution in [2.75, 3.05) is 56.2 Å². The average molecular weight is 494 g/mol. The number of nitrogens with zero attached hydrogens (tertiary/aromatic N) is 3. The van der Waals surface area contributed by atoms with Gasteiger partial charge in [-0.2, -0.15) is 0 Å². The summed E-state index contributed by atoms with van der Waals surface area (Å²) in [5.41, 5.74) is 2.71. The van der Waals surface area contributed by atoms with Gasteiger partial charge in [0.15, 0.2) is 0 Å². The fourth-order valence-electron chi connectivity index (χ4n) is 4.57. The summed E-state index contributed by atoms with van der Waals surface area (Å²) in [5, 5.41) is 6.89. The second kappa shape index (κ2) is 9.98.